The fourth-order valence-electron chi connectivity index (χ4n) is 8.37. The van der Waals surface area contributed by atoms with Gasteiger partial charge in [-0.05, 0) is 84.3 Å². The van der Waals surface area contributed by atoms with Crippen molar-refractivity contribution in [3.05, 3.63) is 193 Å². The average molecular weight is 677 g/mol. The number of benzene rings is 8. The van der Waals surface area contributed by atoms with Gasteiger partial charge in [0, 0.05) is 22.1 Å². The van der Waals surface area contributed by atoms with Crippen molar-refractivity contribution in [2.24, 2.45) is 0 Å². The van der Waals surface area contributed by atoms with Gasteiger partial charge >= 0.3 is 0 Å². The second-order valence-electron chi connectivity index (χ2n) is 14.6. The molecule has 8 aromatic carbocycles. The van der Waals surface area contributed by atoms with E-state index in [1.54, 1.807) is 0 Å². The summed E-state index contributed by atoms with van der Waals surface area (Å²) in [6, 6.07) is 65.3. The highest BCUT2D eigenvalue weighted by atomic mass is 14.9. The molecule has 0 saturated heterocycles. The van der Waals surface area contributed by atoms with Crippen LogP contribution in [0.2, 0.25) is 0 Å². The zero-order valence-electron chi connectivity index (χ0n) is 29.7. The SMILES string of the molecule is CC1(C)c2ccc(-c3ccc(-c4ccc(-c5nc(-c6ccccc6)cc(-c6ccccc6)n5)c5ccccc45)cc3)cc2-c2c1ccc1ccccc21. The summed E-state index contributed by atoms with van der Waals surface area (Å²) in [7, 11) is 0. The van der Waals surface area contributed by atoms with Crippen LogP contribution in [0.3, 0.4) is 0 Å². The molecule has 1 aliphatic carbocycles. The first-order valence-electron chi connectivity index (χ1n) is 18.3. The summed E-state index contributed by atoms with van der Waals surface area (Å²) in [4.78, 5) is 10.3. The maximum atomic E-state index is 5.15. The maximum Gasteiger partial charge on any atom is 0.161 e. The molecule has 0 bridgehead atoms. The lowest BCUT2D eigenvalue weighted by molar-refractivity contribution is 0.661. The number of hydrogen-bond acceptors (Lipinski definition) is 2. The molecule has 9 aromatic rings. The summed E-state index contributed by atoms with van der Waals surface area (Å²) < 4.78 is 0. The number of rotatable bonds is 5. The molecule has 0 radical (unpaired) electrons. The highest BCUT2D eigenvalue weighted by molar-refractivity contribution is 6.05. The third kappa shape index (κ3) is 5.18. The van der Waals surface area contributed by atoms with Crippen LogP contribution in [0.5, 0.6) is 0 Å². The van der Waals surface area contributed by atoms with Gasteiger partial charge in [0.25, 0.3) is 0 Å². The highest BCUT2D eigenvalue weighted by Crippen LogP contribution is 2.52. The van der Waals surface area contributed by atoms with Crippen molar-refractivity contribution in [1.29, 1.82) is 0 Å². The van der Waals surface area contributed by atoms with Gasteiger partial charge < -0.3 is 0 Å². The van der Waals surface area contributed by atoms with Crippen LogP contribution in [0.25, 0.3) is 88.8 Å². The molecule has 0 fully saturated rings. The second kappa shape index (κ2) is 12.3. The second-order valence-corrected chi connectivity index (χ2v) is 14.6. The monoisotopic (exact) mass is 676 g/mol. The van der Waals surface area contributed by atoms with Gasteiger partial charge in [-0.1, -0.05) is 178 Å². The molecule has 0 saturated carbocycles. The third-order valence-corrected chi connectivity index (χ3v) is 11.1. The fraction of sp³-hybridized carbons (Fsp3) is 0.0588. The van der Waals surface area contributed by atoms with Crippen LogP contribution in [0, 0.1) is 0 Å². The normalized spacial score (nSPS) is 12.9. The van der Waals surface area contributed by atoms with E-state index in [0.29, 0.717) is 0 Å². The zero-order valence-corrected chi connectivity index (χ0v) is 29.7. The quantitative estimate of drug-likeness (QED) is 0.181. The summed E-state index contributed by atoms with van der Waals surface area (Å²) in [6.07, 6.45) is 0. The van der Waals surface area contributed by atoms with Gasteiger partial charge in [0.15, 0.2) is 5.82 Å². The van der Waals surface area contributed by atoms with Gasteiger partial charge in [-0.25, -0.2) is 9.97 Å². The molecule has 10 rings (SSSR count). The molecule has 250 valence electrons. The van der Waals surface area contributed by atoms with Gasteiger partial charge in [-0.3, -0.25) is 0 Å². The van der Waals surface area contributed by atoms with E-state index in [-0.39, 0.29) is 5.41 Å². The van der Waals surface area contributed by atoms with E-state index in [2.05, 4.69) is 184 Å². The van der Waals surface area contributed by atoms with Crippen LogP contribution >= 0.6 is 0 Å². The Hall–Kier alpha value is -6.64. The van der Waals surface area contributed by atoms with Crippen LogP contribution in [0.15, 0.2) is 182 Å². The highest BCUT2D eigenvalue weighted by Gasteiger charge is 2.36. The first-order chi connectivity index (χ1) is 26.0. The smallest absolute Gasteiger partial charge is 0.161 e. The van der Waals surface area contributed by atoms with Gasteiger partial charge in [0.1, 0.15) is 0 Å². The number of fused-ring (bicyclic) bond motifs is 6. The molecular formula is C51H36N2. The van der Waals surface area contributed by atoms with Gasteiger partial charge in [-0.2, -0.15) is 0 Å². The molecule has 1 heterocycles. The van der Waals surface area contributed by atoms with E-state index >= 15 is 0 Å². The molecule has 0 amide bonds. The molecule has 0 atom stereocenters. The van der Waals surface area contributed by atoms with Crippen LogP contribution in [0.4, 0.5) is 0 Å². The number of aromatic nitrogens is 2. The van der Waals surface area contributed by atoms with Crippen molar-refractivity contribution in [2.75, 3.05) is 0 Å². The Morgan fingerprint density at radius 3 is 1.57 bits per heavy atom. The molecule has 2 nitrogen and oxygen atoms in total. The van der Waals surface area contributed by atoms with E-state index in [9.17, 15) is 0 Å². The molecule has 2 heteroatoms. The largest absolute Gasteiger partial charge is 0.228 e. The Kier molecular flexibility index (Phi) is 7.19. The lowest BCUT2D eigenvalue weighted by Gasteiger charge is -2.21. The van der Waals surface area contributed by atoms with Crippen molar-refractivity contribution in [2.45, 2.75) is 19.3 Å². The first-order valence-corrected chi connectivity index (χ1v) is 18.3. The fourth-order valence-corrected chi connectivity index (χ4v) is 8.37. The lowest BCUT2D eigenvalue weighted by atomic mass is 9.82. The Labute approximate surface area is 310 Å². The van der Waals surface area contributed by atoms with Gasteiger partial charge in [0.05, 0.1) is 11.4 Å². The van der Waals surface area contributed by atoms with Crippen LogP contribution < -0.4 is 0 Å². The van der Waals surface area contributed by atoms with Gasteiger partial charge in [0.2, 0.25) is 0 Å². The summed E-state index contributed by atoms with van der Waals surface area (Å²) in [5, 5.41) is 4.92. The molecular weight excluding hydrogens is 641 g/mol. The Morgan fingerprint density at radius 1 is 0.358 bits per heavy atom. The Bertz CT molecular complexity index is 2780. The molecule has 53 heavy (non-hydrogen) atoms. The number of hydrogen-bond donors (Lipinski definition) is 0. The van der Waals surface area contributed by atoms with Crippen LogP contribution in [0.1, 0.15) is 25.0 Å². The number of nitrogens with zero attached hydrogens (tertiary/aromatic N) is 2. The topological polar surface area (TPSA) is 25.8 Å². The predicted octanol–water partition coefficient (Wildman–Crippen LogP) is 13.4. The minimum atomic E-state index is -0.0404. The van der Waals surface area contributed by atoms with E-state index in [1.165, 1.54) is 60.7 Å². The van der Waals surface area contributed by atoms with Gasteiger partial charge in [-0.15, -0.1) is 0 Å². The van der Waals surface area contributed by atoms with E-state index < -0.39 is 0 Å². The summed E-state index contributed by atoms with van der Waals surface area (Å²) in [5.74, 6) is 0.720. The van der Waals surface area contributed by atoms with Crippen molar-refractivity contribution in [3.63, 3.8) is 0 Å². The minimum Gasteiger partial charge on any atom is -0.228 e. The predicted molar refractivity (Wildman–Crippen MR) is 222 cm³/mol. The summed E-state index contributed by atoms with van der Waals surface area (Å²) in [6.45, 7) is 4.70. The van der Waals surface area contributed by atoms with Crippen molar-refractivity contribution >= 4 is 21.5 Å². The zero-order chi connectivity index (χ0) is 35.5. The minimum absolute atomic E-state index is 0.0404. The molecule has 0 unspecified atom stereocenters. The Balaban J connectivity index is 1.05. The maximum absolute atomic E-state index is 5.15. The summed E-state index contributed by atoms with van der Waals surface area (Å²) >= 11 is 0. The third-order valence-electron chi connectivity index (χ3n) is 11.1. The molecule has 0 spiro atoms. The average Bonchev–Trinajstić information content (AvgIpc) is 3.46. The Morgan fingerprint density at radius 2 is 0.887 bits per heavy atom. The van der Waals surface area contributed by atoms with Crippen molar-refractivity contribution < 1.29 is 0 Å². The molecule has 0 aliphatic heterocycles. The standard InChI is InChI=1S/C51H36N2/c1-51(2)45-29-26-38(31-44(45)49-40-18-10-9-13-34(40)25-30-46(49)51)33-21-23-35(24-22-33)39-27-28-43(42-20-12-11-19-41(39)42)50-52-47(36-14-5-3-6-15-36)32-48(53-50)37-16-7-4-8-17-37/h3-32H,1-2H3. The van der Waals surface area contributed by atoms with E-state index in [1.807, 2.05) is 12.1 Å². The molecule has 1 aromatic heterocycles. The van der Waals surface area contributed by atoms with E-state index in [4.69, 9.17) is 9.97 Å². The lowest BCUT2D eigenvalue weighted by Crippen LogP contribution is -2.14. The van der Waals surface area contributed by atoms with Crippen LogP contribution in [-0.2, 0) is 5.41 Å². The first kappa shape index (κ1) is 31.1. The summed E-state index contributed by atoms with van der Waals surface area (Å²) in [5.41, 5.74) is 15.3. The van der Waals surface area contributed by atoms with Crippen LogP contribution in [-0.4, -0.2) is 9.97 Å². The van der Waals surface area contributed by atoms with Crippen molar-refractivity contribution in [1.82, 2.24) is 9.97 Å². The van der Waals surface area contributed by atoms with E-state index in [0.717, 1.165) is 39.3 Å². The molecule has 1 aliphatic rings. The molecule has 0 N–H and O–H groups in total. The van der Waals surface area contributed by atoms with Crippen molar-refractivity contribution in [3.8, 4) is 67.3 Å².